The van der Waals surface area contributed by atoms with E-state index in [0.717, 1.165) is 11.1 Å². The van der Waals surface area contributed by atoms with Gasteiger partial charge in [-0.25, -0.2) is 12.8 Å². The molecule has 0 spiro atoms. The Hall–Kier alpha value is -2.61. The van der Waals surface area contributed by atoms with Crippen LogP contribution in [-0.4, -0.2) is 34.8 Å². The van der Waals surface area contributed by atoms with Crippen LogP contribution in [0.15, 0.2) is 46.3 Å². The summed E-state index contributed by atoms with van der Waals surface area (Å²) < 4.78 is 42.0. The van der Waals surface area contributed by atoms with E-state index in [-0.39, 0.29) is 5.75 Å². The van der Waals surface area contributed by atoms with E-state index in [1.54, 1.807) is 38.2 Å². The zero-order chi connectivity index (χ0) is 20.0. The van der Waals surface area contributed by atoms with Gasteiger partial charge < -0.3 is 15.4 Å². The van der Waals surface area contributed by atoms with E-state index in [1.807, 2.05) is 6.07 Å². The van der Waals surface area contributed by atoms with Gasteiger partial charge in [-0.2, -0.15) is 0 Å². The first-order valence-corrected chi connectivity index (χ1v) is 10.2. The van der Waals surface area contributed by atoms with Gasteiger partial charge in [-0.1, -0.05) is 18.2 Å². The number of aliphatic imine (C=N–C) groups is 1. The molecular weight excluding hydrogens is 369 g/mol. The van der Waals surface area contributed by atoms with Gasteiger partial charge in [-0.05, 0) is 41.8 Å². The molecular formula is C19H24FN3O3S. The molecule has 0 aliphatic carbocycles. The fraction of sp³-hybridized carbons (Fsp3) is 0.316. The molecule has 6 nitrogen and oxygen atoms in total. The Labute approximate surface area is 159 Å². The molecule has 0 aliphatic rings. The minimum absolute atomic E-state index is 0.203. The number of rotatable bonds is 6. The summed E-state index contributed by atoms with van der Waals surface area (Å²) in [5, 5.41) is 6.26. The van der Waals surface area contributed by atoms with Gasteiger partial charge in [-0.3, -0.25) is 4.99 Å². The summed E-state index contributed by atoms with van der Waals surface area (Å²) in [6.07, 6.45) is 1.20. The highest BCUT2D eigenvalue weighted by Gasteiger charge is 2.11. The second-order valence-corrected chi connectivity index (χ2v) is 8.10. The molecule has 2 rings (SSSR count). The number of guanidine groups is 1. The first kappa shape index (κ1) is 20.7. The fourth-order valence-electron chi connectivity index (χ4n) is 2.65. The van der Waals surface area contributed by atoms with Crippen molar-refractivity contribution in [2.24, 2.45) is 4.99 Å². The average molecular weight is 393 g/mol. The van der Waals surface area contributed by atoms with Gasteiger partial charge in [0.15, 0.2) is 27.4 Å². The first-order chi connectivity index (χ1) is 12.7. The number of hydrogen-bond donors (Lipinski definition) is 2. The Bertz CT molecular complexity index is 943. The van der Waals surface area contributed by atoms with Crippen molar-refractivity contribution in [3.8, 4) is 5.75 Å². The van der Waals surface area contributed by atoms with Gasteiger partial charge in [0.25, 0.3) is 0 Å². The van der Waals surface area contributed by atoms with Gasteiger partial charge in [0, 0.05) is 26.4 Å². The molecule has 0 heterocycles. The van der Waals surface area contributed by atoms with Crippen molar-refractivity contribution in [1.82, 2.24) is 10.6 Å². The lowest BCUT2D eigenvalue weighted by atomic mass is 10.1. The van der Waals surface area contributed by atoms with E-state index in [2.05, 4.69) is 15.6 Å². The van der Waals surface area contributed by atoms with Crippen LogP contribution < -0.4 is 15.4 Å². The zero-order valence-electron chi connectivity index (χ0n) is 15.8. The molecule has 0 unspecified atom stereocenters. The van der Waals surface area contributed by atoms with E-state index in [4.69, 9.17) is 4.74 Å². The van der Waals surface area contributed by atoms with Crippen LogP contribution in [0.1, 0.15) is 16.7 Å². The monoisotopic (exact) mass is 393 g/mol. The Morgan fingerprint density at radius 2 is 1.70 bits per heavy atom. The molecule has 0 aromatic heterocycles. The Kier molecular flexibility index (Phi) is 6.79. The molecule has 27 heavy (non-hydrogen) atoms. The molecule has 2 aromatic carbocycles. The highest BCUT2D eigenvalue weighted by Crippen LogP contribution is 2.18. The molecule has 0 aliphatic heterocycles. The van der Waals surface area contributed by atoms with Crippen molar-refractivity contribution in [2.75, 3.05) is 20.4 Å². The quantitative estimate of drug-likeness (QED) is 0.582. The molecule has 8 heteroatoms. The maximum absolute atomic E-state index is 13.7. The lowest BCUT2D eigenvalue weighted by molar-refractivity contribution is 0.386. The Balaban J connectivity index is 1.96. The van der Waals surface area contributed by atoms with E-state index in [1.165, 1.54) is 19.4 Å². The van der Waals surface area contributed by atoms with Crippen LogP contribution >= 0.6 is 0 Å². The molecule has 2 aromatic rings. The van der Waals surface area contributed by atoms with E-state index in [0.29, 0.717) is 29.5 Å². The second-order valence-electron chi connectivity index (χ2n) is 6.12. The highest BCUT2D eigenvalue weighted by atomic mass is 32.2. The largest absolute Gasteiger partial charge is 0.494 e. The van der Waals surface area contributed by atoms with E-state index >= 15 is 0 Å². The van der Waals surface area contributed by atoms with Crippen LogP contribution in [-0.2, 0) is 22.9 Å². The van der Waals surface area contributed by atoms with E-state index in [9.17, 15) is 12.8 Å². The Morgan fingerprint density at radius 1 is 1.11 bits per heavy atom. The second kappa shape index (κ2) is 8.85. The molecule has 146 valence electrons. The van der Waals surface area contributed by atoms with Gasteiger partial charge in [0.1, 0.15) is 0 Å². The van der Waals surface area contributed by atoms with Crippen molar-refractivity contribution < 1.29 is 17.5 Å². The summed E-state index contributed by atoms with van der Waals surface area (Å²) in [4.78, 5) is 4.46. The third-order valence-electron chi connectivity index (χ3n) is 4.00. The molecule has 0 saturated heterocycles. The number of methoxy groups -OCH3 is 1. The minimum Gasteiger partial charge on any atom is -0.494 e. The normalized spacial score (nSPS) is 12.0. The smallest absolute Gasteiger partial charge is 0.191 e. The predicted molar refractivity (Wildman–Crippen MR) is 104 cm³/mol. The van der Waals surface area contributed by atoms with Crippen LogP contribution in [0.25, 0.3) is 0 Å². The third kappa shape index (κ3) is 5.68. The standard InChI is InChI=1S/C19H24FN3O3S/c1-13-9-14(6-8-18(13)27(4,24)25)11-22-19(21-2)23-12-15-5-7-17(26-3)16(20)10-15/h5-10H,11-12H2,1-4H3,(H2,21,22,23). The number of hydrogen-bond acceptors (Lipinski definition) is 4. The maximum atomic E-state index is 13.7. The lowest BCUT2D eigenvalue weighted by Crippen LogP contribution is -2.36. The first-order valence-electron chi connectivity index (χ1n) is 8.31. The van der Waals surface area contributed by atoms with Crippen LogP contribution in [0.5, 0.6) is 5.75 Å². The summed E-state index contributed by atoms with van der Waals surface area (Å²) in [5.74, 6) is 0.339. The molecule has 0 amide bonds. The van der Waals surface area contributed by atoms with Crippen LogP contribution in [0.3, 0.4) is 0 Å². The van der Waals surface area contributed by atoms with Crippen molar-refractivity contribution in [1.29, 1.82) is 0 Å². The number of nitrogens with one attached hydrogen (secondary N) is 2. The molecule has 0 saturated carbocycles. The number of aryl methyl sites for hydroxylation is 1. The maximum Gasteiger partial charge on any atom is 0.191 e. The average Bonchev–Trinajstić information content (AvgIpc) is 2.61. The summed E-state index contributed by atoms with van der Waals surface area (Å²) >= 11 is 0. The summed E-state index contributed by atoms with van der Waals surface area (Å²) in [6.45, 7) is 2.64. The Morgan fingerprint density at radius 3 is 2.19 bits per heavy atom. The summed E-state index contributed by atoms with van der Waals surface area (Å²) in [5.41, 5.74) is 2.39. The molecule has 2 N–H and O–H groups in total. The van der Waals surface area contributed by atoms with Crippen molar-refractivity contribution >= 4 is 15.8 Å². The lowest BCUT2D eigenvalue weighted by Gasteiger charge is -2.13. The molecule has 0 fully saturated rings. The third-order valence-corrected chi connectivity index (χ3v) is 5.26. The number of halogens is 1. The molecule has 0 bridgehead atoms. The minimum atomic E-state index is -3.23. The molecule has 0 atom stereocenters. The summed E-state index contributed by atoms with van der Waals surface area (Å²) in [6, 6.07) is 9.96. The number of sulfone groups is 1. The SMILES string of the molecule is CN=C(NCc1ccc(S(C)(=O)=O)c(C)c1)NCc1ccc(OC)c(F)c1. The molecule has 0 radical (unpaired) electrons. The fourth-order valence-corrected chi connectivity index (χ4v) is 3.61. The highest BCUT2D eigenvalue weighted by molar-refractivity contribution is 7.90. The van der Waals surface area contributed by atoms with Crippen molar-refractivity contribution in [2.45, 2.75) is 24.9 Å². The predicted octanol–water partition coefficient (Wildman–Crippen LogP) is 2.41. The van der Waals surface area contributed by atoms with Gasteiger partial charge in [-0.15, -0.1) is 0 Å². The topological polar surface area (TPSA) is 79.8 Å². The van der Waals surface area contributed by atoms with Gasteiger partial charge in [0.05, 0.1) is 12.0 Å². The van der Waals surface area contributed by atoms with Crippen LogP contribution in [0.4, 0.5) is 4.39 Å². The van der Waals surface area contributed by atoms with Crippen LogP contribution in [0.2, 0.25) is 0 Å². The zero-order valence-corrected chi connectivity index (χ0v) is 16.7. The van der Waals surface area contributed by atoms with Gasteiger partial charge in [0.2, 0.25) is 0 Å². The van der Waals surface area contributed by atoms with E-state index < -0.39 is 15.7 Å². The number of nitrogens with zero attached hydrogens (tertiary/aromatic N) is 1. The summed E-state index contributed by atoms with van der Waals surface area (Å²) in [7, 11) is -0.166. The number of benzene rings is 2. The van der Waals surface area contributed by atoms with Crippen LogP contribution in [0, 0.1) is 12.7 Å². The number of ether oxygens (including phenoxy) is 1. The van der Waals surface area contributed by atoms with Crippen molar-refractivity contribution in [3.05, 3.63) is 58.9 Å². The van der Waals surface area contributed by atoms with Crippen molar-refractivity contribution in [3.63, 3.8) is 0 Å². The van der Waals surface area contributed by atoms with Gasteiger partial charge >= 0.3 is 0 Å².